The molecule has 2 aromatic heterocycles. The monoisotopic (exact) mass is 250 g/mol. The van der Waals surface area contributed by atoms with Crippen LogP contribution in [0.25, 0.3) is 21.8 Å². The molecule has 0 saturated heterocycles. The van der Waals surface area contributed by atoms with E-state index in [1.165, 1.54) is 0 Å². The van der Waals surface area contributed by atoms with Crippen LogP contribution in [0.1, 0.15) is 0 Å². The molecule has 6 nitrogen and oxygen atoms in total. The van der Waals surface area contributed by atoms with Crippen molar-refractivity contribution in [3.63, 3.8) is 0 Å². The number of pyridine rings is 2. The zero-order valence-electron chi connectivity index (χ0n) is 9.91. The second kappa shape index (κ2) is 3.89. The van der Waals surface area contributed by atoms with Gasteiger partial charge in [-0.1, -0.05) is 18.2 Å². The molecule has 3 aromatic rings. The third-order valence-electron chi connectivity index (χ3n) is 3.07. The Hall–Kier alpha value is -2.73. The molecule has 0 atom stereocenters. The molecule has 1 aliphatic heterocycles. The van der Waals surface area contributed by atoms with Crippen LogP contribution < -0.4 is 16.1 Å². The molecule has 3 heterocycles. The van der Waals surface area contributed by atoms with Gasteiger partial charge >= 0.3 is 0 Å². The number of anilines is 1. The summed E-state index contributed by atoms with van der Waals surface area (Å²) in [6.07, 6.45) is 3.42. The predicted molar refractivity (Wildman–Crippen MR) is 74.3 cm³/mol. The highest BCUT2D eigenvalue weighted by molar-refractivity contribution is 6.03. The third kappa shape index (κ3) is 1.58. The summed E-state index contributed by atoms with van der Waals surface area (Å²) in [5.41, 5.74) is 7.30. The molecule has 0 aliphatic carbocycles. The van der Waals surface area contributed by atoms with Crippen LogP contribution in [-0.2, 0) is 0 Å². The molecule has 1 aromatic carbocycles. The zero-order valence-corrected chi connectivity index (χ0v) is 9.91. The van der Waals surface area contributed by atoms with Gasteiger partial charge in [0.15, 0.2) is 5.82 Å². The summed E-state index contributed by atoms with van der Waals surface area (Å²) in [5.74, 6) is 0.763. The fourth-order valence-electron chi connectivity index (χ4n) is 2.16. The Morgan fingerprint density at radius 2 is 1.79 bits per heavy atom. The van der Waals surface area contributed by atoms with E-state index in [-0.39, 0.29) is 0 Å². The number of hydrogen-bond donors (Lipinski definition) is 2. The molecule has 0 unspecified atom stereocenters. The molecular weight excluding hydrogens is 240 g/mol. The minimum atomic E-state index is 0.763. The van der Waals surface area contributed by atoms with Crippen molar-refractivity contribution in [3.05, 3.63) is 42.6 Å². The van der Waals surface area contributed by atoms with Gasteiger partial charge in [0.05, 0.1) is 11.0 Å². The summed E-state index contributed by atoms with van der Waals surface area (Å²) in [6.45, 7) is 0. The molecule has 6 heteroatoms. The van der Waals surface area contributed by atoms with Crippen LogP contribution in [0.2, 0.25) is 0 Å². The highest BCUT2D eigenvalue weighted by atomic mass is 15.8. The van der Waals surface area contributed by atoms with Crippen molar-refractivity contribution in [1.29, 1.82) is 0 Å². The van der Waals surface area contributed by atoms with Gasteiger partial charge in [-0.25, -0.2) is 15.5 Å². The summed E-state index contributed by atoms with van der Waals surface area (Å²) in [6, 6.07) is 12.0. The molecule has 0 amide bonds. The lowest BCUT2D eigenvalue weighted by atomic mass is 10.1. The molecule has 1 aliphatic rings. The number of hydrazone groups is 1. The molecular formula is C13H10N6. The van der Waals surface area contributed by atoms with Gasteiger partial charge in [0.2, 0.25) is 0 Å². The van der Waals surface area contributed by atoms with Gasteiger partial charge in [-0.3, -0.25) is 4.98 Å². The van der Waals surface area contributed by atoms with E-state index in [0.29, 0.717) is 0 Å². The van der Waals surface area contributed by atoms with E-state index in [1.807, 2.05) is 24.3 Å². The third-order valence-corrected chi connectivity index (χ3v) is 3.07. The first-order valence-corrected chi connectivity index (χ1v) is 5.89. The smallest absolute Gasteiger partial charge is 0.150 e. The summed E-state index contributed by atoms with van der Waals surface area (Å²) in [7, 11) is 0. The Morgan fingerprint density at radius 3 is 2.63 bits per heavy atom. The number of aromatic nitrogens is 2. The number of rotatable bonds is 1. The van der Waals surface area contributed by atoms with E-state index in [9.17, 15) is 0 Å². The average Bonchev–Trinajstić information content (AvgIpc) is 3.01. The van der Waals surface area contributed by atoms with Crippen LogP contribution in [0.3, 0.4) is 0 Å². The van der Waals surface area contributed by atoms with Gasteiger partial charge < -0.3 is 0 Å². The molecule has 2 N–H and O–H groups in total. The van der Waals surface area contributed by atoms with Crippen LogP contribution in [0.5, 0.6) is 0 Å². The summed E-state index contributed by atoms with van der Waals surface area (Å²) in [5, 5.41) is 7.73. The number of nitrogens with zero attached hydrogens (tertiary/aromatic N) is 4. The van der Waals surface area contributed by atoms with Crippen molar-refractivity contribution in [2.45, 2.75) is 0 Å². The second-order valence-electron chi connectivity index (χ2n) is 4.22. The van der Waals surface area contributed by atoms with Crippen LogP contribution in [0, 0.1) is 0 Å². The van der Waals surface area contributed by atoms with Crippen molar-refractivity contribution in [2.24, 2.45) is 5.10 Å². The SMILES string of the molecule is C1=NNNN1c1ccc2ccc3cccnc3c2n1. The average molecular weight is 250 g/mol. The van der Waals surface area contributed by atoms with Crippen molar-refractivity contribution in [2.75, 3.05) is 5.01 Å². The van der Waals surface area contributed by atoms with Crippen LogP contribution in [-0.4, -0.2) is 16.3 Å². The Labute approximate surface area is 108 Å². The van der Waals surface area contributed by atoms with Crippen molar-refractivity contribution in [1.82, 2.24) is 21.0 Å². The number of benzene rings is 1. The molecule has 0 spiro atoms. The zero-order chi connectivity index (χ0) is 12.7. The fourth-order valence-corrected chi connectivity index (χ4v) is 2.16. The normalized spacial score (nSPS) is 14.2. The van der Waals surface area contributed by atoms with Gasteiger partial charge in [-0.05, 0) is 18.2 Å². The minimum Gasteiger partial charge on any atom is -0.254 e. The van der Waals surface area contributed by atoms with Crippen LogP contribution in [0.15, 0.2) is 47.7 Å². The van der Waals surface area contributed by atoms with E-state index in [1.54, 1.807) is 17.5 Å². The number of hydrogen-bond acceptors (Lipinski definition) is 6. The highest BCUT2D eigenvalue weighted by Crippen LogP contribution is 2.24. The summed E-state index contributed by atoms with van der Waals surface area (Å²) >= 11 is 0. The maximum atomic E-state index is 4.66. The van der Waals surface area contributed by atoms with Gasteiger partial charge in [0, 0.05) is 17.0 Å². The van der Waals surface area contributed by atoms with E-state index >= 15 is 0 Å². The first-order chi connectivity index (χ1) is 9.42. The standard InChI is InChI=1S/C13H10N6/c1-2-9-3-4-10-5-6-11(19-8-15-17-18-19)16-13(10)12(9)14-7-1/h1-8,17-18H. The van der Waals surface area contributed by atoms with Crippen LogP contribution in [0.4, 0.5) is 5.82 Å². The lowest BCUT2D eigenvalue weighted by Gasteiger charge is -2.13. The largest absolute Gasteiger partial charge is 0.254 e. The number of hydrazine groups is 2. The summed E-state index contributed by atoms with van der Waals surface area (Å²) < 4.78 is 0. The Morgan fingerprint density at radius 1 is 0.947 bits per heavy atom. The number of fused-ring (bicyclic) bond motifs is 3. The summed E-state index contributed by atoms with van der Waals surface area (Å²) in [4.78, 5) is 9.08. The van der Waals surface area contributed by atoms with Gasteiger partial charge in [-0.2, -0.15) is 5.10 Å². The topological polar surface area (TPSA) is 65.4 Å². The van der Waals surface area contributed by atoms with Crippen molar-refractivity contribution < 1.29 is 0 Å². The minimum absolute atomic E-state index is 0.763. The van der Waals surface area contributed by atoms with Crippen molar-refractivity contribution in [3.8, 4) is 0 Å². The quantitative estimate of drug-likeness (QED) is 0.641. The molecule has 0 bridgehead atoms. The van der Waals surface area contributed by atoms with E-state index in [0.717, 1.165) is 27.6 Å². The number of nitrogens with one attached hydrogen (secondary N) is 2. The van der Waals surface area contributed by atoms with Crippen LogP contribution >= 0.6 is 0 Å². The first kappa shape index (κ1) is 10.2. The second-order valence-corrected chi connectivity index (χ2v) is 4.22. The first-order valence-electron chi connectivity index (χ1n) is 5.89. The maximum Gasteiger partial charge on any atom is 0.150 e. The molecule has 4 rings (SSSR count). The molecule has 92 valence electrons. The molecule has 19 heavy (non-hydrogen) atoms. The van der Waals surface area contributed by atoms with Gasteiger partial charge in [-0.15, -0.1) is 5.53 Å². The molecule has 0 fully saturated rings. The fraction of sp³-hybridized carbons (Fsp3) is 0. The van der Waals surface area contributed by atoms with Crippen molar-refractivity contribution >= 4 is 34.0 Å². The van der Waals surface area contributed by atoms with E-state index in [2.05, 4.69) is 38.3 Å². The maximum absolute atomic E-state index is 4.66. The Kier molecular flexibility index (Phi) is 2.09. The molecule has 0 radical (unpaired) electrons. The Bertz CT molecular complexity index is 797. The highest BCUT2D eigenvalue weighted by Gasteiger charge is 2.10. The lowest BCUT2D eigenvalue weighted by Crippen LogP contribution is -2.37. The van der Waals surface area contributed by atoms with E-state index in [4.69, 9.17) is 0 Å². The predicted octanol–water partition coefficient (Wildman–Crippen LogP) is 1.56. The Balaban J connectivity index is 2.00. The van der Waals surface area contributed by atoms with E-state index < -0.39 is 0 Å². The van der Waals surface area contributed by atoms with Gasteiger partial charge in [0.1, 0.15) is 6.34 Å². The lowest BCUT2D eigenvalue weighted by molar-refractivity contribution is 0.620. The van der Waals surface area contributed by atoms with Gasteiger partial charge in [0.25, 0.3) is 0 Å². The molecule has 0 saturated carbocycles.